The second-order valence-electron chi connectivity index (χ2n) is 4.49. The molecule has 94 valence electrons. The third-order valence-electron chi connectivity index (χ3n) is 3.13. The van der Waals surface area contributed by atoms with Crippen LogP contribution in [0.2, 0.25) is 5.02 Å². The first-order chi connectivity index (χ1) is 8.66. The molecule has 1 aromatic carbocycles. The highest BCUT2D eigenvalue weighted by Gasteiger charge is 2.33. The van der Waals surface area contributed by atoms with Crippen LogP contribution in [-0.2, 0) is 0 Å². The summed E-state index contributed by atoms with van der Waals surface area (Å²) in [6.45, 7) is 0. The molecule has 1 unspecified atom stereocenters. The summed E-state index contributed by atoms with van der Waals surface area (Å²) in [5.41, 5.74) is 1.08. The fourth-order valence-electron chi connectivity index (χ4n) is 2.01. The lowest BCUT2D eigenvalue weighted by molar-refractivity contribution is 0.217. The van der Waals surface area contributed by atoms with Gasteiger partial charge >= 0.3 is 0 Å². The number of aliphatic hydroxyl groups excluding tert-OH is 1. The molecule has 3 rings (SSSR count). The van der Waals surface area contributed by atoms with Crippen LogP contribution in [0, 0.1) is 5.82 Å². The minimum Gasteiger partial charge on any atom is -0.383 e. The SMILES string of the molecule is OC(c1ccc(F)cc1Cl)c1cnoc1C1CC1. The molecule has 2 aromatic rings. The van der Waals surface area contributed by atoms with Crippen LogP contribution in [0.1, 0.15) is 41.8 Å². The first-order valence-corrected chi connectivity index (χ1v) is 6.12. The van der Waals surface area contributed by atoms with E-state index in [0.717, 1.165) is 12.8 Å². The van der Waals surface area contributed by atoms with Gasteiger partial charge in [-0.25, -0.2) is 4.39 Å². The standard InChI is InChI=1S/C13H11ClFNO2/c14-11-5-8(15)3-4-9(11)12(17)10-6-16-18-13(10)7-1-2-7/h3-7,12,17H,1-2H2. The molecule has 1 aromatic heterocycles. The van der Waals surface area contributed by atoms with Crippen molar-refractivity contribution in [2.24, 2.45) is 0 Å². The number of aromatic nitrogens is 1. The highest BCUT2D eigenvalue weighted by atomic mass is 35.5. The zero-order chi connectivity index (χ0) is 12.7. The van der Waals surface area contributed by atoms with Crippen molar-refractivity contribution in [2.75, 3.05) is 0 Å². The Balaban J connectivity index is 1.97. The van der Waals surface area contributed by atoms with Crippen molar-refractivity contribution in [2.45, 2.75) is 24.9 Å². The Bertz CT molecular complexity index is 580. The zero-order valence-electron chi connectivity index (χ0n) is 9.44. The maximum Gasteiger partial charge on any atom is 0.145 e. The van der Waals surface area contributed by atoms with Crippen LogP contribution < -0.4 is 0 Å². The molecule has 1 fully saturated rings. The zero-order valence-corrected chi connectivity index (χ0v) is 10.2. The molecule has 5 heteroatoms. The van der Waals surface area contributed by atoms with Crippen molar-refractivity contribution >= 4 is 11.6 Å². The Kier molecular flexibility index (Phi) is 2.84. The highest BCUT2D eigenvalue weighted by Crippen LogP contribution is 2.44. The fourth-order valence-corrected chi connectivity index (χ4v) is 2.28. The van der Waals surface area contributed by atoms with Crippen LogP contribution >= 0.6 is 11.6 Å². The lowest BCUT2D eigenvalue weighted by atomic mass is 10.0. The Labute approximate surface area is 108 Å². The van der Waals surface area contributed by atoms with E-state index in [-0.39, 0.29) is 5.02 Å². The third kappa shape index (κ3) is 2.02. The topological polar surface area (TPSA) is 46.3 Å². The quantitative estimate of drug-likeness (QED) is 0.927. The van der Waals surface area contributed by atoms with Crippen LogP contribution in [0.15, 0.2) is 28.9 Å². The first kappa shape index (κ1) is 11.7. The molecule has 0 amide bonds. The molecule has 0 spiro atoms. The monoisotopic (exact) mass is 267 g/mol. The summed E-state index contributed by atoms with van der Waals surface area (Å²) in [6.07, 6.45) is 2.66. The molecule has 1 saturated carbocycles. The summed E-state index contributed by atoms with van der Waals surface area (Å²) in [5, 5.41) is 14.2. The van der Waals surface area contributed by atoms with Gasteiger partial charge in [-0.3, -0.25) is 0 Å². The van der Waals surface area contributed by atoms with Crippen molar-refractivity contribution in [3.63, 3.8) is 0 Å². The third-order valence-corrected chi connectivity index (χ3v) is 3.45. The van der Waals surface area contributed by atoms with E-state index >= 15 is 0 Å². The van der Waals surface area contributed by atoms with Gasteiger partial charge in [-0.2, -0.15) is 0 Å². The average molecular weight is 268 g/mol. The van der Waals surface area contributed by atoms with E-state index in [1.54, 1.807) is 0 Å². The number of hydrogen-bond acceptors (Lipinski definition) is 3. The van der Waals surface area contributed by atoms with E-state index in [4.69, 9.17) is 16.1 Å². The molecule has 1 atom stereocenters. The lowest BCUT2D eigenvalue weighted by Crippen LogP contribution is -2.02. The number of rotatable bonds is 3. The minimum absolute atomic E-state index is 0.199. The minimum atomic E-state index is -0.931. The van der Waals surface area contributed by atoms with E-state index in [1.807, 2.05) is 0 Å². The molecule has 1 aliphatic carbocycles. The Hall–Kier alpha value is -1.39. The molecular formula is C13H11ClFNO2. The van der Waals surface area contributed by atoms with Gasteiger partial charge in [0, 0.05) is 22.1 Å². The number of hydrogen-bond donors (Lipinski definition) is 1. The molecule has 0 radical (unpaired) electrons. The predicted octanol–water partition coefficient (Wildman–Crippen LogP) is 3.43. The Morgan fingerprint density at radius 1 is 1.39 bits per heavy atom. The molecule has 0 aliphatic heterocycles. The van der Waals surface area contributed by atoms with Crippen molar-refractivity contribution in [3.8, 4) is 0 Å². The number of nitrogens with zero attached hydrogens (tertiary/aromatic N) is 1. The summed E-state index contributed by atoms with van der Waals surface area (Å²) >= 11 is 5.94. The largest absolute Gasteiger partial charge is 0.383 e. The van der Waals surface area contributed by atoms with Crippen molar-refractivity contribution in [1.29, 1.82) is 0 Å². The molecule has 3 nitrogen and oxygen atoms in total. The molecule has 1 N–H and O–H groups in total. The predicted molar refractivity (Wildman–Crippen MR) is 63.9 cm³/mol. The van der Waals surface area contributed by atoms with E-state index < -0.39 is 11.9 Å². The average Bonchev–Trinajstić information content (AvgIpc) is 3.06. The van der Waals surface area contributed by atoms with Crippen molar-refractivity contribution in [3.05, 3.63) is 52.1 Å². The van der Waals surface area contributed by atoms with E-state index in [1.165, 1.54) is 24.4 Å². The first-order valence-electron chi connectivity index (χ1n) is 5.74. The maximum absolute atomic E-state index is 13.0. The molecule has 1 heterocycles. The maximum atomic E-state index is 13.0. The number of aliphatic hydroxyl groups is 1. The van der Waals surface area contributed by atoms with Crippen molar-refractivity contribution in [1.82, 2.24) is 5.16 Å². The van der Waals surface area contributed by atoms with E-state index in [9.17, 15) is 9.50 Å². The molecular weight excluding hydrogens is 257 g/mol. The second-order valence-corrected chi connectivity index (χ2v) is 4.90. The van der Waals surface area contributed by atoms with Crippen molar-refractivity contribution < 1.29 is 14.0 Å². The van der Waals surface area contributed by atoms with E-state index in [2.05, 4.69) is 5.16 Å². The smallest absolute Gasteiger partial charge is 0.145 e. The van der Waals surface area contributed by atoms with Gasteiger partial charge in [0.25, 0.3) is 0 Å². The molecule has 0 bridgehead atoms. The molecule has 1 aliphatic rings. The van der Waals surface area contributed by atoms with Gasteiger partial charge < -0.3 is 9.63 Å². The molecule has 18 heavy (non-hydrogen) atoms. The van der Waals surface area contributed by atoms with Gasteiger partial charge in [-0.15, -0.1) is 0 Å². The van der Waals surface area contributed by atoms with Gasteiger partial charge in [0.15, 0.2) is 0 Å². The van der Waals surface area contributed by atoms with Gasteiger partial charge in [-0.1, -0.05) is 22.8 Å². The summed E-state index contributed by atoms with van der Waals surface area (Å²) in [7, 11) is 0. The van der Waals surface area contributed by atoms with Crippen LogP contribution in [0.25, 0.3) is 0 Å². The molecule has 0 saturated heterocycles. The van der Waals surface area contributed by atoms with Crippen LogP contribution in [0.3, 0.4) is 0 Å². The Morgan fingerprint density at radius 3 is 2.83 bits per heavy atom. The van der Waals surface area contributed by atoms with Crippen LogP contribution in [0.4, 0.5) is 4.39 Å². The lowest BCUT2D eigenvalue weighted by Gasteiger charge is -2.12. The second kappa shape index (κ2) is 4.37. The summed E-state index contributed by atoms with van der Waals surface area (Å²) < 4.78 is 18.1. The summed E-state index contributed by atoms with van der Waals surface area (Å²) in [6, 6.07) is 3.94. The van der Waals surface area contributed by atoms with Crippen LogP contribution in [0.5, 0.6) is 0 Å². The van der Waals surface area contributed by atoms with Crippen LogP contribution in [-0.4, -0.2) is 10.3 Å². The fraction of sp³-hybridized carbons (Fsp3) is 0.308. The van der Waals surface area contributed by atoms with Gasteiger partial charge in [0.2, 0.25) is 0 Å². The van der Waals surface area contributed by atoms with Gasteiger partial charge in [-0.05, 0) is 25.0 Å². The normalized spacial score (nSPS) is 16.8. The highest BCUT2D eigenvalue weighted by molar-refractivity contribution is 6.31. The van der Waals surface area contributed by atoms with E-state index in [0.29, 0.717) is 22.8 Å². The van der Waals surface area contributed by atoms with Gasteiger partial charge in [0.1, 0.15) is 17.7 Å². The van der Waals surface area contributed by atoms with Gasteiger partial charge in [0.05, 0.1) is 6.20 Å². The Morgan fingerprint density at radius 2 is 2.17 bits per heavy atom. The summed E-state index contributed by atoms with van der Waals surface area (Å²) in [4.78, 5) is 0. The number of halogens is 2. The summed E-state index contributed by atoms with van der Waals surface area (Å²) in [5.74, 6) is 0.628. The number of benzene rings is 1.